The van der Waals surface area contributed by atoms with Gasteiger partial charge in [-0.1, -0.05) is 35.6 Å². The molecule has 7 heteroatoms. The van der Waals surface area contributed by atoms with Crippen molar-refractivity contribution in [2.75, 3.05) is 37.7 Å². The maximum absolute atomic E-state index is 11.8. The molecule has 0 bridgehead atoms. The van der Waals surface area contributed by atoms with E-state index >= 15 is 0 Å². The number of halogens is 1. The number of piperazine rings is 1. The first-order valence-electron chi connectivity index (χ1n) is 7.01. The average Bonchev–Trinajstić information content (AvgIpc) is 2.95. The fourth-order valence-electron chi connectivity index (χ4n) is 2.32. The molecular formula is C15H16ClN3O2S. The maximum atomic E-state index is 11.8. The van der Waals surface area contributed by atoms with Gasteiger partial charge in [-0.15, -0.1) is 0 Å². The second-order valence-electron chi connectivity index (χ2n) is 4.95. The van der Waals surface area contributed by atoms with Crippen LogP contribution in [-0.2, 0) is 4.74 Å². The Labute approximate surface area is 137 Å². The molecule has 116 valence electrons. The number of hydrogen-bond acceptors (Lipinski definition) is 5. The first-order valence-corrected chi connectivity index (χ1v) is 8.20. The Balaban J connectivity index is 1.65. The normalized spacial score (nSPS) is 15.1. The number of amides is 1. The van der Waals surface area contributed by atoms with Crippen LogP contribution < -0.4 is 4.90 Å². The summed E-state index contributed by atoms with van der Waals surface area (Å²) in [6.45, 7) is 6.54. The van der Waals surface area contributed by atoms with Gasteiger partial charge in [0.05, 0.1) is 10.2 Å². The number of benzene rings is 1. The molecule has 0 aliphatic carbocycles. The monoisotopic (exact) mass is 337 g/mol. The van der Waals surface area contributed by atoms with Crippen LogP contribution in [0.4, 0.5) is 9.93 Å². The van der Waals surface area contributed by atoms with E-state index in [0.29, 0.717) is 13.1 Å². The molecule has 22 heavy (non-hydrogen) atoms. The van der Waals surface area contributed by atoms with Crippen molar-refractivity contribution in [2.24, 2.45) is 0 Å². The zero-order valence-corrected chi connectivity index (χ0v) is 13.6. The largest absolute Gasteiger partial charge is 0.445 e. The average molecular weight is 338 g/mol. The summed E-state index contributed by atoms with van der Waals surface area (Å²) in [5.74, 6) is 0. The van der Waals surface area contributed by atoms with Crippen LogP contribution in [0, 0.1) is 0 Å². The Bertz CT molecular complexity index is 695. The summed E-state index contributed by atoms with van der Waals surface area (Å²) in [4.78, 5) is 20.3. The van der Waals surface area contributed by atoms with Crippen LogP contribution in [0.1, 0.15) is 0 Å². The quantitative estimate of drug-likeness (QED) is 0.805. The van der Waals surface area contributed by atoms with E-state index in [-0.39, 0.29) is 12.7 Å². The highest BCUT2D eigenvalue weighted by atomic mass is 35.5. The third-order valence-electron chi connectivity index (χ3n) is 3.47. The molecule has 0 N–H and O–H groups in total. The molecule has 3 rings (SSSR count). The molecule has 1 fully saturated rings. The summed E-state index contributed by atoms with van der Waals surface area (Å²) in [5.41, 5.74) is 0.956. The second-order valence-corrected chi connectivity index (χ2v) is 6.39. The van der Waals surface area contributed by atoms with Gasteiger partial charge >= 0.3 is 6.09 Å². The number of carbonyl (C=O) groups is 1. The lowest BCUT2D eigenvalue weighted by Crippen LogP contribution is -2.49. The predicted octanol–water partition coefficient (Wildman–Crippen LogP) is 3.39. The molecule has 0 spiro atoms. The summed E-state index contributed by atoms with van der Waals surface area (Å²) >= 11 is 7.63. The number of anilines is 1. The van der Waals surface area contributed by atoms with E-state index in [1.165, 1.54) is 0 Å². The molecule has 0 atom stereocenters. The topological polar surface area (TPSA) is 45.7 Å². The summed E-state index contributed by atoms with van der Waals surface area (Å²) in [7, 11) is 0. The lowest BCUT2D eigenvalue weighted by molar-refractivity contribution is 0.110. The van der Waals surface area contributed by atoms with E-state index in [0.717, 1.165) is 33.5 Å². The van der Waals surface area contributed by atoms with Crippen molar-refractivity contribution in [3.63, 3.8) is 0 Å². The summed E-state index contributed by atoms with van der Waals surface area (Å²) < 4.78 is 6.13. The number of carbonyl (C=O) groups excluding carboxylic acids is 1. The van der Waals surface area contributed by atoms with Crippen LogP contribution in [0.15, 0.2) is 30.9 Å². The van der Waals surface area contributed by atoms with Gasteiger partial charge in [0.1, 0.15) is 6.61 Å². The first kappa shape index (κ1) is 15.1. The second kappa shape index (κ2) is 6.54. The molecule has 0 radical (unpaired) electrons. The Morgan fingerprint density at radius 2 is 2.18 bits per heavy atom. The van der Waals surface area contributed by atoms with Crippen molar-refractivity contribution in [1.29, 1.82) is 0 Å². The van der Waals surface area contributed by atoms with Gasteiger partial charge < -0.3 is 14.5 Å². The first-order chi connectivity index (χ1) is 10.7. The maximum Gasteiger partial charge on any atom is 0.410 e. The standard InChI is InChI=1S/C15H16ClN3O2S/c1-2-9-21-15(20)19-7-5-18(6-8-19)14-17-12-4-3-11(16)10-13(12)22-14/h2-4,10H,1,5-9H2. The van der Waals surface area contributed by atoms with Crippen LogP contribution in [0.2, 0.25) is 5.02 Å². The Kier molecular flexibility index (Phi) is 4.49. The van der Waals surface area contributed by atoms with Crippen molar-refractivity contribution in [3.05, 3.63) is 35.9 Å². The van der Waals surface area contributed by atoms with Crippen molar-refractivity contribution >= 4 is 44.4 Å². The smallest absolute Gasteiger partial charge is 0.410 e. The molecule has 2 aromatic rings. The van der Waals surface area contributed by atoms with Gasteiger partial charge in [-0.2, -0.15) is 0 Å². The van der Waals surface area contributed by atoms with Gasteiger partial charge in [-0.3, -0.25) is 0 Å². The lowest BCUT2D eigenvalue weighted by atomic mass is 10.3. The fourth-order valence-corrected chi connectivity index (χ4v) is 3.62. The van der Waals surface area contributed by atoms with Gasteiger partial charge in [0.25, 0.3) is 0 Å². The molecule has 1 saturated heterocycles. The fraction of sp³-hybridized carbons (Fsp3) is 0.333. The molecule has 1 aliphatic rings. The molecule has 0 saturated carbocycles. The van der Waals surface area contributed by atoms with Gasteiger partial charge in [-0.25, -0.2) is 9.78 Å². The third-order valence-corrected chi connectivity index (χ3v) is 4.79. The van der Waals surface area contributed by atoms with Gasteiger partial charge in [-0.05, 0) is 18.2 Å². The minimum Gasteiger partial charge on any atom is -0.445 e. The molecule has 1 aromatic carbocycles. The van der Waals surface area contributed by atoms with Crippen LogP contribution in [0.5, 0.6) is 0 Å². The van der Waals surface area contributed by atoms with Crippen molar-refractivity contribution < 1.29 is 9.53 Å². The van der Waals surface area contributed by atoms with Crippen LogP contribution in [0.25, 0.3) is 10.2 Å². The van der Waals surface area contributed by atoms with Gasteiger partial charge in [0, 0.05) is 31.2 Å². The number of fused-ring (bicyclic) bond motifs is 1. The molecule has 1 aliphatic heterocycles. The Morgan fingerprint density at radius 1 is 1.41 bits per heavy atom. The van der Waals surface area contributed by atoms with Crippen molar-refractivity contribution in [3.8, 4) is 0 Å². The zero-order valence-electron chi connectivity index (χ0n) is 12.0. The van der Waals surface area contributed by atoms with Crippen LogP contribution >= 0.6 is 22.9 Å². The number of rotatable bonds is 3. The predicted molar refractivity (Wildman–Crippen MR) is 90.0 cm³/mol. The zero-order chi connectivity index (χ0) is 15.5. The van der Waals surface area contributed by atoms with E-state index in [4.69, 9.17) is 16.3 Å². The van der Waals surface area contributed by atoms with E-state index in [1.54, 1.807) is 22.3 Å². The molecule has 2 heterocycles. The van der Waals surface area contributed by atoms with Gasteiger partial charge in [0.2, 0.25) is 0 Å². The van der Waals surface area contributed by atoms with E-state index in [2.05, 4.69) is 16.5 Å². The number of ether oxygens (including phenoxy) is 1. The number of thiazole rings is 1. The minimum atomic E-state index is -0.282. The summed E-state index contributed by atoms with van der Waals surface area (Å²) in [5, 5.41) is 1.69. The number of aromatic nitrogens is 1. The molecular weight excluding hydrogens is 322 g/mol. The SMILES string of the molecule is C=CCOC(=O)N1CCN(c2nc3ccc(Cl)cc3s2)CC1. The summed E-state index contributed by atoms with van der Waals surface area (Å²) in [6, 6.07) is 5.71. The molecule has 1 amide bonds. The molecule has 1 aromatic heterocycles. The highest BCUT2D eigenvalue weighted by Crippen LogP contribution is 2.31. The van der Waals surface area contributed by atoms with Crippen LogP contribution in [0.3, 0.4) is 0 Å². The summed E-state index contributed by atoms with van der Waals surface area (Å²) in [6.07, 6.45) is 1.29. The highest BCUT2D eigenvalue weighted by molar-refractivity contribution is 7.22. The molecule has 0 unspecified atom stereocenters. The lowest BCUT2D eigenvalue weighted by Gasteiger charge is -2.33. The minimum absolute atomic E-state index is 0.248. The molecule has 5 nitrogen and oxygen atoms in total. The van der Waals surface area contributed by atoms with Crippen LogP contribution in [-0.4, -0.2) is 48.8 Å². The van der Waals surface area contributed by atoms with E-state index in [9.17, 15) is 4.79 Å². The van der Waals surface area contributed by atoms with Gasteiger partial charge in [0.15, 0.2) is 5.13 Å². The van der Waals surface area contributed by atoms with Crippen molar-refractivity contribution in [1.82, 2.24) is 9.88 Å². The van der Waals surface area contributed by atoms with E-state index in [1.807, 2.05) is 18.2 Å². The third kappa shape index (κ3) is 3.18. The highest BCUT2D eigenvalue weighted by Gasteiger charge is 2.23. The Morgan fingerprint density at radius 3 is 2.91 bits per heavy atom. The number of hydrogen-bond donors (Lipinski definition) is 0. The van der Waals surface area contributed by atoms with E-state index < -0.39 is 0 Å². The Hall–Kier alpha value is -1.79. The number of nitrogens with zero attached hydrogens (tertiary/aromatic N) is 3. The van der Waals surface area contributed by atoms with Crippen molar-refractivity contribution in [2.45, 2.75) is 0 Å².